The molecule has 3 heteroatoms. The fourth-order valence-corrected chi connectivity index (χ4v) is 2.72. The highest BCUT2D eigenvalue weighted by Crippen LogP contribution is 2.13. The third kappa shape index (κ3) is 17.4. The number of aliphatic carboxylic acids is 1. The van der Waals surface area contributed by atoms with E-state index in [-0.39, 0.29) is 0 Å². The molecule has 0 spiro atoms. The maximum atomic E-state index is 10.3. The van der Waals surface area contributed by atoms with Crippen LogP contribution in [0.2, 0.25) is 0 Å². The second-order valence-corrected chi connectivity index (χ2v) is 6.37. The van der Waals surface area contributed by atoms with E-state index >= 15 is 0 Å². The molecular formula is C18H37NO2. The average molecular weight is 299 g/mol. The lowest BCUT2D eigenvalue weighted by atomic mass is 10.0. The average Bonchev–Trinajstić information content (AvgIpc) is 2.44. The van der Waals surface area contributed by atoms with Crippen LogP contribution < -0.4 is 5.73 Å². The lowest BCUT2D eigenvalue weighted by Gasteiger charge is -2.10. The lowest BCUT2D eigenvalue weighted by molar-refractivity contribution is -0.137. The summed E-state index contributed by atoms with van der Waals surface area (Å²) in [6.45, 7) is 2.23. The van der Waals surface area contributed by atoms with Crippen LogP contribution in [0.25, 0.3) is 0 Å². The van der Waals surface area contributed by atoms with Crippen LogP contribution in [0.15, 0.2) is 0 Å². The second kappa shape index (κ2) is 15.8. The number of carbonyl (C=O) groups is 1. The van der Waals surface area contributed by atoms with Crippen LogP contribution in [0.1, 0.15) is 103 Å². The lowest BCUT2D eigenvalue weighted by Crippen LogP contribution is -2.19. The molecule has 0 heterocycles. The number of rotatable bonds is 16. The highest BCUT2D eigenvalue weighted by Gasteiger charge is 2.02. The normalized spacial score (nSPS) is 12.5. The van der Waals surface area contributed by atoms with Crippen LogP contribution in [-0.4, -0.2) is 17.1 Å². The first-order chi connectivity index (χ1) is 10.2. The van der Waals surface area contributed by atoms with Crippen LogP contribution in [0.4, 0.5) is 0 Å². The summed E-state index contributed by atoms with van der Waals surface area (Å²) in [4.78, 5) is 10.3. The van der Waals surface area contributed by atoms with Gasteiger partial charge in [0.25, 0.3) is 0 Å². The van der Waals surface area contributed by atoms with Gasteiger partial charge in [-0.25, -0.2) is 0 Å². The SMILES string of the molecule is CCCCCC(N)CCCCCCCCCCCC(=O)O. The number of hydrogen-bond donors (Lipinski definition) is 2. The molecule has 0 fully saturated rings. The van der Waals surface area contributed by atoms with Crippen molar-refractivity contribution in [3.05, 3.63) is 0 Å². The van der Waals surface area contributed by atoms with Crippen molar-refractivity contribution in [1.29, 1.82) is 0 Å². The Hall–Kier alpha value is -0.570. The molecule has 0 radical (unpaired) electrons. The molecule has 3 nitrogen and oxygen atoms in total. The minimum atomic E-state index is -0.664. The van der Waals surface area contributed by atoms with Crippen molar-refractivity contribution in [2.24, 2.45) is 5.73 Å². The molecule has 0 aliphatic heterocycles. The van der Waals surface area contributed by atoms with E-state index in [0.717, 1.165) is 12.8 Å². The van der Waals surface area contributed by atoms with Crippen molar-refractivity contribution in [3.8, 4) is 0 Å². The topological polar surface area (TPSA) is 63.3 Å². The van der Waals surface area contributed by atoms with Crippen molar-refractivity contribution in [1.82, 2.24) is 0 Å². The van der Waals surface area contributed by atoms with Gasteiger partial charge in [-0.15, -0.1) is 0 Å². The summed E-state index contributed by atoms with van der Waals surface area (Å²) in [5, 5.41) is 8.53. The van der Waals surface area contributed by atoms with Gasteiger partial charge < -0.3 is 10.8 Å². The molecule has 3 N–H and O–H groups in total. The molecule has 0 aromatic heterocycles. The molecule has 0 aromatic rings. The van der Waals surface area contributed by atoms with Gasteiger partial charge in [-0.2, -0.15) is 0 Å². The molecular weight excluding hydrogens is 262 g/mol. The Balaban J connectivity index is 3.10. The minimum Gasteiger partial charge on any atom is -0.481 e. The van der Waals surface area contributed by atoms with E-state index in [1.807, 2.05) is 0 Å². The Morgan fingerprint density at radius 2 is 1.24 bits per heavy atom. The highest BCUT2D eigenvalue weighted by molar-refractivity contribution is 5.66. The summed E-state index contributed by atoms with van der Waals surface area (Å²) in [6, 6.07) is 0.422. The number of carboxylic acids is 1. The van der Waals surface area contributed by atoms with Gasteiger partial charge in [0.1, 0.15) is 0 Å². The van der Waals surface area contributed by atoms with Gasteiger partial charge in [-0.3, -0.25) is 4.79 Å². The molecule has 0 aliphatic carbocycles. The van der Waals surface area contributed by atoms with Gasteiger partial charge in [-0.05, 0) is 19.3 Å². The van der Waals surface area contributed by atoms with Crippen molar-refractivity contribution in [2.45, 2.75) is 109 Å². The standard InChI is InChI=1S/C18H37NO2/c1-2-3-11-14-17(19)15-12-9-7-5-4-6-8-10-13-16-18(20)21/h17H,2-16,19H2,1H3,(H,20,21). The fourth-order valence-electron chi connectivity index (χ4n) is 2.72. The molecule has 0 amide bonds. The van der Waals surface area contributed by atoms with Gasteiger partial charge >= 0.3 is 5.97 Å². The number of unbranched alkanes of at least 4 members (excludes halogenated alkanes) is 10. The molecule has 0 rings (SSSR count). The van der Waals surface area contributed by atoms with E-state index < -0.39 is 5.97 Å². The number of hydrogen-bond acceptors (Lipinski definition) is 2. The Kier molecular flexibility index (Phi) is 15.4. The zero-order valence-electron chi connectivity index (χ0n) is 14.1. The maximum Gasteiger partial charge on any atom is 0.303 e. The fraction of sp³-hybridized carbons (Fsp3) is 0.944. The smallest absolute Gasteiger partial charge is 0.303 e. The van der Waals surface area contributed by atoms with Crippen LogP contribution in [0, 0.1) is 0 Å². The van der Waals surface area contributed by atoms with Gasteiger partial charge in [0.05, 0.1) is 0 Å². The molecule has 0 aromatic carbocycles. The van der Waals surface area contributed by atoms with E-state index in [1.54, 1.807) is 0 Å². The largest absolute Gasteiger partial charge is 0.481 e. The van der Waals surface area contributed by atoms with E-state index in [9.17, 15) is 4.79 Å². The number of nitrogens with two attached hydrogens (primary N) is 1. The first-order valence-electron chi connectivity index (χ1n) is 9.14. The zero-order valence-corrected chi connectivity index (χ0v) is 14.1. The van der Waals surface area contributed by atoms with Crippen LogP contribution >= 0.6 is 0 Å². The van der Waals surface area contributed by atoms with Gasteiger partial charge in [0.2, 0.25) is 0 Å². The van der Waals surface area contributed by atoms with Crippen molar-refractivity contribution in [3.63, 3.8) is 0 Å². The monoisotopic (exact) mass is 299 g/mol. The first-order valence-corrected chi connectivity index (χ1v) is 9.14. The van der Waals surface area contributed by atoms with Gasteiger partial charge in [-0.1, -0.05) is 77.6 Å². The summed E-state index contributed by atoms with van der Waals surface area (Å²) in [5.74, 6) is -0.664. The second-order valence-electron chi connectivity index (χ2n) is 6.37. The van der Waals surface area contributed by atoms with Crippen molar-refractivity contribution in [2.75, 3.05) is 0 Å². The van der Waals surface area contributed by atoms with Gasteiger partial charge in [0.15, 0.2) is 0 Å². The molecule has 0 bridgehead atoms. The van der Waals surface area contributed by atoms with E-state index in [4.69, 9.17) is 10.8 Å². The summed E-state index contributed by atoms with van der Waals surface area (Å²) in [5.41, 5.74) is 6.10. The summed E-state index contributed by atoms with van der Waals surface area (Å²) >= 11 is 0. The minimum absolute atomic E-state index is 0.332. The molecule has 126 valence electrons. The molecule has 1 unspecified atom stereocenters. The van der Waals surface area contributed by atoms with E-state index in [1.165, 1.54) is 77.0 Å². The summed E-state index contributed by atoms with van der Waals surface area (Å²) < 4.78 is 0. The predicted octanol–water partition coefficient (Wildman–Crippen LogP) is 5.27. The van der Waals surface area contributed by atoms with E-state index in [0.29, 0.717) is 12.5 Å². The molecule has 1 atom stereocenters. The Labute approximate surface area is 131 Å². The maximum absolute atomic E-state index is 10.3. The third-order valence-electron chi connectivity index (χ3n) is 4.14. The molecule has 21 heavy (non-hydrogen) atoms. The molecule has 0 aliphatic rings. The Morgan fingerprint density at radius 3 is 1.71 bits per heavy atom. The Morgan fingerprint density at radius 1 is 0.810 bits per heavy atom. The first kappa shape index (κ1) is 20.4. The highest BCUT2D eigenvalue weighted by atomic mass is 16.4. The van der Waals surface area contributed by atoms with Crippen molar-refractivity contribution < 1.29 is 9.90 Å². The quantitative estimate of drug-likeness (QED) is 0.382. The third-order valence-corrected chi connectivity index (χ3v) is 4.14. The van der Waals surface area contributed by atoms with Crippen LogP contribution in [0.3, 0.4) is 0 Å². The summed E-state index contributed by atoms with van der Waals surface area (Å²) in [6.07, 6.45) is 17.5. The number of carboxylic acid groups (broad SMARTS) is 1. The van der Waals surface area contributed by atoms with Crippen molar-refractivity contribution >= 4 is 5.97 Å². The summed E-state index contributed by atoms with van der Waals surface area (Å²) in [7, 11) is 0. The predicted molar refractivity (Wildman–Crippen MR) is 90.5 cm³/mol. The van der Waals surface area contributed by atoms with Gasteiger partial charge in [0, 0.05) is 12.5 Å². The van der Waals surface area contributed by atoms with E-state index in [2.05, 4.69) is 6.92 Å². The van der Waals surface area contributed by atoms with Crippen LogP contribution in [-0.2, 0) is 4.79 Å². The zero-order chi connectivity index (χ0) is 15.8. The van der Waals surface area contributed by atoms with Crippen LogP contribution in [0.5, 0.6) is 0 Å². The Bertz CT molecular complexity index is 231. The molecule has 0 saturated carbocycles. The molecule has 0 saturated heterocycles.